The molecule has 0 N–H and O–H groups in total. The van der Waals surface area contributed by atoms with Gasteiger partial charge in [0.05, 0.1) is 10.5 Å². The summed E-state index contributed by atoms with van der Waals surface area (Å²) < 4.78 is 55.7. The lowest BCUT2D eigenvalue weighted by Gasteiger charge is -2.36. The van der Waals surface area contributed by atoms with Crippen molar-refractivity contribution in [2.45, 2.75) is 308 Å². The number of hydrogen-bond donors (Lipinski definition) is 0. The van der Waals surface area contributed by atoms with Crippen LogP contribution in [0.15, 0.2) is 66.7 Å². The fourth-order valence-corrected chi connectivity index (χ4v) is 15.9. The third-order valence-electron chi connectivity index (χ3n) is 21.2. The summed E-state index contributed by atoms with van der Waals surface area (Å²) in [5.41, 5.74) is 10.7. The zero-order valence-corrected chi connectivity index (χ0v) is 57.8. The van der Waals surface area contributed by atoms with Crippen LogP contribution in [0.1, 0.15) is 353 Å². The molecule has 0 aromatic heterocycles. The Hall–Kier alpha value is -6.10. The Morgan fingerprint density at radius 1 is 0.301 bits per heavy atom. The van der Waals surface area contributed by atoms with Gasteiger partial charge in [0.15, 0.2) is 0 Å². The molecule has 0 saturated heterocycles. The monoisotopic (exact) mass is 1270 g/mol. The molecule has 0 fully saturated rings. The molecule has 1 aliphatic carbocycles. The van der Waals surface area contributed by atoms with Crippen molar-refractivity contribution in [1.82, 2.24) is 0 Å². The van der Waals surface area contributed by atoms with Crippen LogP contribution in [0.3, 0.4) is 0 Å². The topological polar surface area (TPSA) is 117 Å². The first-order chi connectivity index (χ1) is 45.9. The van der Waals surface area contributed by atoms with Gasteiger partial charge in [-0.2, -0.15) is 0 Å². The van der Waals surface area contributed by atoms with E-state index in [4.69, 9.17) is 37.9 Å². The van der Waals surface area contributed by atoms with E-state index in [9.17, 15) is 10.1 Å². The van der Waals surface area contributed by atoms with Crippen LogP contribution < -0.4 is 37.9 Å². The van der Waals surface area contributed by atoms with E-state index in [0.29, 0.717) is 11.5 Å². The van der Waals surface area contributed by atoms with Gasteiger partial charge in [-0.3, -0.25) is 10.1 Å². The summed E-state index contributed by atoms with van der Waals surface area (Å²) in [6.07, 6.45) is 48.0. The Morgan fingerprint density at radius 3 is 0.785 bits per heavy atom. The van der Waals surface area contributed by atoms with Crippen molar-refractivity contribution in [2.75, 3.05) is 27.2 Å². The molecular weight excluding hydrogens is 1160 g/mol. The molecule has 5 aliphatic rings. The summed E-state index contributed by atoms with van der Waals surface area (Å²) in [6.45, 7) is 9.10. The lowest BCUT2D eigenvalue weighted by atomic mass is 9.75. The fourth-order valence-electron chi connectivity index (χ4n) is 15.9. The van der Waals surface area contributed by atoms with Gasteiger partial charge < -0.3 is 37.9 Å². The molecule has 4 heterocycles. The molecule has 0 amide bonds. The number of ether oxygens (including phenoxy) is 8. The number of hydrogen-bond acceptors (Lipinski definition) is 10. The van der Waals surface area contributed by atoms with Crippen LogP contribution in [0.4, 0.5) is 5.69 Å². The molecule has 5 aromatic carbocycles. The Balaban J connectivity index is 1.18. The zero-order chi connectivity index (χ0) is 64.4. The molecule has 5 aromatic rings. The van der Waals surface area contributed by atoms with Crippen LogP contribution in [0.5, 0.6) is 46.0 Å². The van der Waals surface area contributed by atoms with Gasteiger partial charge in [0.2, 0.25) is 27.2 Å². The molecule has 11 nitrogen and oxygen atoms in total. The van der Waals surface area contributed by atoms with E-state index in [1.54, 1.807) is 12.1 Å². The lowest BCUT2D eigenvalue weighted by molar-refractivity contribution is -0.384. The molecular formula is C82H115NO10. The van der Waals surface area contributed by atoms with E-state index in [0.717, 1.165) is 156 Å². The van der Waals surface area contributed by atoms with Crippen LogP contribution >= 0.6 is 0 Å². The molecule has 10 rings (SSSR count). The summed E-state index contributed by atoms with van der Waals surface area (Å²) in [4.78, 5) is 12.1. The Labute approximate surface area is 559 Å². The summed E-state index contributed by atoms with van der Waals surface area (Å²) in [6, 6.07) is 23.4. The molecule has 4 aliphatic heterocycles. The van der Waals surface area contributed by atoms with E-state index in [-0.39, 0.29) is 61.5 Å². The van der Waals surface area contributed by atoms with Crippen LogP contribution in [0, 0.1) is 10.1 Å². The van der Waals surface area contributed by atoms with Crippen molar-refractivity contribution in [3.8, 4) is 57.1 Å². The van der Waals surface area contributed by atoms with E-state index in [2.05, 4.69) is 70.2 Å². The Kier molecular flexibility index (Phi) is 27.9. The van der Waals surface area contributed by atoms with E-state index in [1.165, 1.54) is 191 Å². The second kappa shape index (κ2) is 37.3. The third-order valence-corrected chi connectivity index (χ3v) is 21.2. The van der Waals surface area contributed by atoms with Gasteiger partial charge in [-0.25, -0.2) is 0 Å². The summed E-state index contributed by atoms with van der Waals surface area (Å²) in [5.74, 6) is 5.63. The van der Waals surface area contributed by atoms with E-state index < -0.39 is 0 Å². The van der Waals surface area contributed by atoms with Crippen LogP contribution in [0.25, 0.3) is 11.1 Å². The van der Waals surface area contributed by atoms with Gasteiger partial charge in [0.1, 0.15) is 46.0 Å². The van der Waals surface area contributed by atoms with Crippen molar-refractivity contribution in [1.29, 1.82) is 0 Å². The average Bonchev–Trinajstić information content (AvgIpc) is 0.736. The van der Waals surface area contributed by atoms with Gasteiger partial charge in [0.25, 0.3) is 5.69 Å². The standard InChI is InChI=1S/C82H115NO10/c1-5-9-13-17-21-25-29-33-37-41-62-66-49-67-63(42-38-34-30-26-22-18-14-10-6-2)69-51-71-65(44-40-36-32-28-24-20-16-12-8-4)73-52-72-64(43-39-35-31-27-23-19-15-11-7-3)70-50-68(62)76-54-78(70)90-58-92-81(72)80(60-45-47-61(48-46-60)83(84)85)82(73)93-59-91-79(71)55-77(69)89-57-87-75(67)53-74(66)86-56-88-76/h45-55,62-65H,5-44,56-59H2,1-4H3. The minimum atomic E-state index is -0.320. The summed E-state index contributed by atoms with van der Waals surface area (Å²) in [7, 11) is 0. The van der Waals surface area contributed by atoms with Crippen molar-refractivity contribution in [3.63, 3.8) is 0 Å². The third kappa shape index (κ3) is 18.7. The molecule has 11 heteroatoms. The predicted octanol–water partition coefficient (Wildman–Crippen LogP) is 24.7. The molecule has 4 atom stereocenters. The quantitative estimate of drug-likeness (QED) is 0.0212. The number of benzene rings is 5. The van der Waals surface area contributed by atoms with E-state index >= 15 is 0 Å². The van der Waals surface area contributed by atoms with Gasteiger partial charge in [-0.05, 0) is 67.6 Å². The largest absolute Gasteiger partial charge is 0.457 e. The van der Waals surface area contributed by atoms with Crippen LogP contribution in [0.2, 0.25) is 0 Å². The molecule has 93 heavy (non-hydrogen) atoms. The fraction of sp³-hybridized carbons (Fsp3) is 0.634. The molecule has 0 radical (unpaired) electrons. The van der Waals surface area contributed by atoms with Crippen LogP contribution in [-0.2, 0) is 0 Å². The van der Waals surface area contributed by atoms with E-state index in [1.807, 2.05) is 12.1 Å². The smallest absolute Gasteiger partial charge is 0.269 e. The molecule has 0 spiro atoms. The maximum atomic E-state index is 12.4. The highest BCUT2D eigenvalue weighted by molar-refractivity contribution is 5.83. The molecule has 0 saturated carbocycles. The summed E-state index contributed by atoms with van der Waals surface area (Å²) >= 11 is 0. The van der Waals surface area contributed by atoms with Gasteiger partial charge in [-0.15, -0.1) is 0 Å². The minimum Gasteiger partial charge on any atom is -0.457 e. The first-order valence-electron chi connectivity index (χ1n) is 37.9. The molecule has 4 unspecified atom stereocenters. The average molecular weight is 1270 g/mol. The SMILES string of the molecule is CCCCCCCCCCCC1c2cc3c4cc2OCOc2cc5c(cc21)C(CCCCCCCCCCC)c1cc2c(c(-c6ccc([N+](=O)[O-])cc6)c1OCO5)OCOc1cc(c(cc1C2CCCCCCCCCCC)C3CCCCCCCCCCC)OCO4. The number of rotatable bonds is 42. The predicted molar refractivity (Wildman–Crippen MR) is 377 cm³/mol. The van der Waals surface area contributed by atoms with Gasteiger partial charge in [0, 0.05) is 98.5 Å². The second-order valence-electron chi connectivity index (χ2n) is 28.0. The number of nitro groups is 1. The number of nitrogens with zero attached hydrogens (tertiary/aromatic N) is 1. The molecule has 508 valence electrons. The van der Waals surface area contributed by atoms with Crippen molar-refractivity contribution < 1.29 is 42.8 Å². The Morgan fingerprint density at radius 2 is 0.527 bits per heavy atom. The second-order valence-corrected chi connectivity index (χ2v) is 28.0. The highest BCUT2D eigenvalue weighted by Crippen LogP contribution is 2.58. The van der Waals surface area contributed by atoms with Gasteiger partial charge >= 0.3 is 0 Å². The first kappa shape index (κ1) is 69.7. The van der Waals surface area contributed by atoms with Crippen LogP contribution in [-0.4, -0.2) is 32.1 Å². The van der Waals surface area contributed by atoms with Gasteiger partial charge in [-0.1, -0.05) is 259 Å². The summed E-state index contributed by atoms with van der Waals surface area (Å²) in [5, 5.41) is 12.4. The highest BCUT2D eigenvalue weighted by atomic mass is 16.7. The zero-order valence-electron chi connectivity index (χ0n) is 57.8. The molecule has 8 bridgehead atoms. The minimum absolute atomic E-state index is 0.0297. The number of unbranched alkanes of at least 4 members (excludes halogenated alkanes) is 32. The Bertz CT molecular complexity index is 2930. The highest BCUT2D eigenvalue weighted by Gasteiger charge is 2.39. The lowest BCUT2D eigenvalue weighted by Crippen LogP contribution is -2.23. The number of non-ortho nitro benzene ring substituents is 1. The number of nitro benzene ring substituents is 1. The van der Waals surface area contributed by atoms with Crippen molar-refractivity contribution in [2.24, 2.45) is 0 Å². The normalized spacial score (nSPS) is 17.2. The maximum absolute atomic E-state index is 12.4. The van der Waals surface area contributed by atoms with Crippen molar-refractivity contribution >= 4 is 5.69 Å². The first-order valence-corrected chi connectivity index (χ1v) is 37.9. The maximum Gasteiger partial charge on any atom is 0.269 e. The van der Waals surface area contributed by atoms with Crippen molar-refractivity contribution in [3.05, 3.63) is 121 Å².